The van der Waals surface area contributed by atoms with Gasteiger partial charge in [0.1, 0.15) is 4.90 Å². The summed E-state index contributed by atoms with van der Waals surface area (Å²) < 4.78 is 27.6. The lowest BCUT2D eigenvalue weighted by atomic mass is 10.1. The highest BCUT2D eigenvalue weighted by atomic mass is 32.2. The van der Waals surface area contributed by atoms with Crippen LogP contribution in [-0.4, -0.2) is 25.2 Å². The highest BCUT2D eigenvalue weighted by molar-refractivity contribution is 7.93. The third kappa shape index (κ3) is 2.49. The molecule has 1 heterocycles. The summed E-state index contributed by atoms with van der Waals surface area (Å²) in [6, 6.07) is 7.38. The summed E-state index contributed by atoms with van der Waals surface area (Å²) in [6.07, 6.45) is 2.31. The van der Waals surface area contributed by atoms with Gasteiger partial charge >= 0.3 is 0 Å². The quantitative estimate of drug-likeness (QED) is 0.924. The summed E-state index contributed by atoms with van der Waals surface area (Å²) in [7, 11) is -0.563. The fraction of sp³-hybridized carbons (Fsp3) is 0.308. The second-order valence-corrected chi connectivity index (χ2v) is 6.48. The summed E-state index contributed by atoms with van der Waals surface area (Å²) in [4.78, 5) is 0.0158. The number of benzene rings is 1. The van der Waals surface area contributed by atoms with Crippen LogP contribution in [0.15, 0.2) is 35.4 Å². The Kier molecular flexibility index (Phi) is 3.71. The molecule has 0 bridgehead atoms. The molecular weight excluding hydrogens is 276 g/mol. The van der Waals surface area contributed by atoms with Gasteiger partial charge in [-0.3, -0.25) is 8.99 Å². The third-order valence-corrected chi connectivity index (χ3v) is 4.97. The first-order valence-corrected chi connectivity index (χ1v) is 7.67. The molecule has 0 unspecified atom stereocenters. The van der Waals surface area contributed by atoms with Crippen molar-refractivity contribution in [3.63, 3.8) is 0 Å². The van der Waals surface area contributed by atoms with Gasteiger partial charge in [0.25, 0.3) is 10.0 Å². The minimum absolute atomic E-state index is 0.00419. The molecule has 0 aliphatic carbocycles. The lowest BCUT2D eigenvalue weighted by molar-refractivity contribution is 0.594. The van der Waals surface area contributed by atoms with Crippen LogP contribution in [0, 0.1) is 0 Å². The smallest absolute Gasteiger partial charge is 0.269 e. The maximum absolute atomic E-state index is 12.5. The molecule has 2 aromatic rings. The van der Waals surface area contributed by atoms with Crippen molar-refractivity contribution in [1.82, 2.24) is 9.78 Å². The fourth-order valence-corrected chi connectivity index (χ4v) is 3.20. The van der Waals surface area contributed by atoms with Gasteiger partial charge in [0, 0.05) is 20.3 Å². The summed E-state index contributed by atoms with van der Waals surface area (Å²) >= 11 is 0. The monoisotopic (exact) mass is 294 g/mol. The van der Waals surface area contributed by atoms with E-state index in [4.69, 9.17) is 5.73 Å². The van der Waals surface area contributed by atoms with E-state index < -0.39 is 10.0 Å². The normalized spacial score (nSPS) is 11.6. The SMILES string of the molecule is CCc1ccc(N(C)S(=O)(=O)c2cn(C)nc2N)cc1. The number of nitrogens with zero attached hydrogens (tertiary/aromatic N) is 3. The van der Waals surface area contributed by atoms with Gasteiger partial charge < -0.3 is 5.73 Å². The van der Waals surface area contributed by atoms with Crippen LogP contribution in [0.3, 0.4) is 0 Å². The first-order valence-electron chi connectivity index (χ1n) is 6.23. The van der Waals surface area contributed by atoms with E-state index in [0.29, 0.717) is 5.69 Å². The zero-order chi connectivity index (χ0) is 14.9. The van der Waals surface area contributed by atoms with Crippen LogP contribution < -0.4 is 10.0 Å². The van der Waals surface area contributed by atoms with Crippen molar-refractivity contribution in [2.24, 2.45) is 7.05 Å². The Morgan fingerprint density at radius 3 is 2.35 bits per heavy atom. The molecule has 1 aromatic heterocycles. The number of sulfonamides is 1. The number of hydrogen-bond acceptors (Lipinski definition) is 4. The van der Waals surface area contributed by atoms with E-state index >= 15 is 0 Å². The van der Waals surface area contributed by atoms with Crippen LogP contribution in [0.4, 0.5) is 11.5 Å². The van der Waals surface area contributed by atoms with Crippen LogP contribution in [0.25, 0.3) is 0 Å². The van der Waals surface area contributed by atoms with E-state index in [1.807, 2.05) is 19.1 Å². The van der Waals surface area contributed by atoms with Gasteiger partial charge in [-0.1, -0.05) is 19.1 Å². The van der Waals surface area contributed by atoms with Crippen molar-refractivity contribution in [3.05, 3.63) is 36.0 Å². The molecule has 0 aliphatic heterocycles. The number of nitrogens with two attached hydrogens (primary N) is 1. The fourth-order valence-electron chi connectivity index (χ4n) is 1.91. The minimum atomic E-state index is -3.70. The Bertz CT molecular complexity index is 704. The molecule has 2 N–H and O–H groups in total. The van der Waals surface area contributed by atoms with Gasteiger partial charge in [0.15, 0.2) is 5.82 Å². The molecule has 0 fully saturated rings. The van der Waals surface area contributed by atoms with Crippen molar-refractivity contribution >= 4 is 21.5 Å². The van der Waals surface area contributed by atoms with Gasteiger partial charge in [-0.25, -0.2) is 8.42 Å². The van der Waals surface area contributed by atoms with Gasteiger partial charge in [0.05, 0.1) is 5.69 Å². The Morgan fingerprint density at radius 1 is 1.30 bits per heavy atom. The molecule has 0 radical (unpaired) electrons. The van der Waals surface area contributed by atoms with Crippen LogP contribution in [-0.2, 0) is 23.5 Å². The maximum atomic E-state index is 12.5. The number of anilines is 2. The van der Waals surface area contributed by atoms with Crippen molar-refractivity contribution in [1.29, 1.82) is 0 Å². The summed E-state index contributed by atoms with van der Waals surface area (Å²) in [5.74, 6) is 0.00419. The topological polar surface area (TPSA) is 81.2 Å². The second kappa shape index (κ2) is 5.16. The van der Waals surface area contributed by atoms with Crippen LogP contribution >= 0.6 is 0 Å². The molecule has 0 atom stereocenters. The zero-order valence-corrected chi connectivity index (χ0v) is 12.6. The van der Waals surface area contributed by atoms with E-state index in [0.717, 1.165) is 12.0 Å². The van der Waals surface area contributed by atoms with E-state index in [9.17, 15) is 8.42 Å². The van der Waals surface area contributed by atoms with E-state index in [1.165, 1.54) is 22.2 Å². The second-order valence-electron chi connectivity index (χ2n) is 4.54. The largest absolute Gasteiger partial charge is 0.381 e. The van der Waals surface area contributed by atoms with Gasteiger partial charge in [-0.15, -0.1) is 0 Å². The average molecular weight is 294 g/mol. The van der Waals surface area contributed by atoms with E-state index in [2.05, 4.69) is 5.10 Å². The predicted octanol–water partition coefficient (Wildman–Crippen LogP) is 1.39. The molecule has 0 spiro atoms. The molecular formula is C13H18N4O2S. The molecule has 20 heavy (non-hydrogen) atoms. The number of aryl methyl sites for hydroxylation is 2. The molecule has 7 heteroatoms. The molecule has 0 amide bonds. The number of rotatable bonds is 4. The molecule has 1 aromatic carbocycles. The molecule has 108 valence electrons. The standard InChI is InChI=1S/C13H18N4O2S/c1-4-10-5-7-11(8-6-10)17(3)20(18,19)12-9-16(2)15-13(12)14/h5-9H,4H2,1-3H3,(H2,14,15). The molecule has 6 nitrogen and oxygen atoms in total. The maximum Gasteiger partial charge on any atom is 0.269 e. The molecule has 2 rings (SSSR count). The number of nitrogen functional groups attached to an aromatic ring is 1. The van der Waals surface area contributed by atoms with Crippen LogP contribution in [0.5, 0.6) is 0 Å². The Hall–Kier alpha value is -2.02. The highest BCUT2D eigenvalue weighted by Gasteiger charge is 2.26. The van der Waals surface area contributed by atoms with Crippen molar-refractivity contribution < 1.29 is 8.42 Å². The van der Waals surface area contributed by atoms with E-state index in [1.54, 1.807) is 19.2 Å². The molecule has 0 saturated heterocycles. The summed E-state index contributed by atoms with van der Waals surface area (Å²) in [5, 5.41) is 3.87. The number of hydrogen-bond donors (Lipinski definition) is 1. The summed E-state index contributed by atoms with van der Waals surface area (Å²) in [6.45, 7) is 2.05. The highest BCUT2D eigenvalue weighted by Crippen LogP contribution is 2.25. The van der Waals surface area contributed by atoms with Crippen LogP contribution in [0.1, 0.15) is 12.5 Å². The van der Waals surface area contributed by atoms with Crippen LogP contribution in [0.2, 0.25) is 0 Å². The molecule has 0 aliphatic rings. The Morgan fingerprint density at radius 2 is 1.90 bits per heavy atom. The zero-order valence-electron chi connectivity index (χ0n) is 11.7. The first kappa shape index (κ1) is 14.4. The average Bonchev–Trinajstić information content (AvgIpc) is 2.77. The lowest BCUT2D eigenvalue weighted by Gasteiger charge is -2.19. The Labute approximate surface area is 118 Å². The van der Waals surface area contributed by atoms with Gasteiger partial charge in [-0.2, -0.15) is 5.10 Å². The third-order valence-electron chi connectivity index (χ3n) is 3.17. The number of aromatic nitrogens is 2. The van der Waals surface area contributed by atoms with Crippen molar-refractivity contribution in [3.8, 4) is 0 Å². The first-order chi connectivity index (χ1) is 9.36. The van der Waals surface area contributed by atoms with Gasteiger partial charge in [-0.05, 0) is 24.1 Å². The van der Waals surface area contributed by atoms with Gasteiger partial charge in [0.2, 0.25) is 0 Å². The van der Waals surface area contributed by atoms with E-state index in [-0.39, 0.29) is 10.7 Å². The summed E-state index contributed by atoms with van der Waals surface area (Å²) in [5.41, 5.74) is 7.39. The predicted molar refractivity (Wildman–Crippen MR) is 79.0 cm³/mol. The lowest BCUT2D eigenvalue weighted by Crippen LogP contribution is -2.26. The van der Waals surface area contributed by atoms with Crippen molar-refractivity contribution in [2.45, 2.75) is 18.2 Å². The van der Waals surface area contributed by atoms with Crippen molar-refractivity contribution in [2.75, 3.05) is 17.1 Å². The Balaban J connectivity index is 2.40. The molecule has 0 saturated carbocycles. The minimum Gasteiger partial charge on any atom is -0.381 e.